The van der Waals surface area contributed by atoms with Crippen LogP contribution in [0, 0.1) is 6.92 Å². The third-order valence-electron chi connectivity index (χ3n) is 2.51. The van der Waals surface area contributed by atoms with E-state index in [1.807, 2.05) is 30.5 Å². The zero-order valence-corrected chi connectivity index (χ0v) is 11.3. The zero-order valence-electron chi connectivity index (χ0n) is 10.5. The summed E-state index contributed by atoms with van der Waals surface area (Å²) in [5, 5.41) is 2.96. The minimum Gasteiger partial charge on any atom is -0.497 e. The van der Waals surface area contributed by atoms with Gasteiger partial charge in [-0.15, -0.1) is 11.3 Å². The Bertz CT molecular complexity index is 525. The molecule has 1 aromatic heterocycles. The lowest BCUT2D eigenvalue weighted by Crippen LogP contribution is -2.03. The molecule has 0 aliphatic rings. The fraction of sp³-hybridized carbons (Fsp3) is 0.308. The summed E-state index contributed by atoms with van der Waals surface area (Å²) in [6, 6.07) is 5.65. The largest absolute Gasteiger partial charge is 0.497 e. The summed E-state index contributed by atoms with van der Waals surface area (Å²) in [6.07, 6.45) is 0. The normalized spacial score (nSPS) is 10.4. The molecule has 0 saturated heterocycles. The van der Waals surface area contributed by atoms with Crippen molar-refractivity contribution >= 4 is 11.3 Å². The van der Waals surface area contributed by atoms with Gasteiger partial charge in [0.05, 0.1) is 7.11 Å². The van der Waals surface area contributed by atoms with Gasteiger partial charge >= 0.3 is 0 Å². The topological polar surface area (TPSA) is 57.4 Å². The lowest BCUT2D eigenvalue weighted by Gasteiger charge is -2.10. The molecule has 96 valence electrons. The van der Waals surface area contributed by atoms with Crippen LogP contribution in [0.2, 0.25) is 0 Å². The van der Waals surface area contributed by atoms with Gasteiger partial charge in [-0.25, -0.2) is 4.98 Å². The standard InChI is InChI=1S/C13H16N2O2S/c1-9-8-18-13(15-9)7-17-12-5-11(16-2)4-3-10(12)6-14/h3-5,8H,6-7,14H2,1-2H3. The summed E-state index contributed by atoms with van der Waals surface area (Å²) in [6.45, 7) is 2.87. The first-order chi connectivity index (χ1) is 8.72. The second-order valence-electron chi connectivity index (χ2n) is 3.85. The van der Waals surface area contributed by atoms with Gasteiger partial charge in [0, 0.05) is 29.2 Å². The smallest absolute Gasteiger partial charge is 0.140 e. The minimum atomic E-state index is 0.441. The molecule has 0 bridgehead atoms. The monoisotopic (exact) mass is 264 g/mol. The highest BCUT2D eigenvalue weighted by molar-refractivity contribution is 7.09. The molecule has 2 aromatic rings. The fourth-order valence-corrected chi connectivity index (χ4v) is 2.26. The Morgan fingerprint density at radius 2 is 2.22 bits per heavy atom. The Balaban J connectivity index is 2.11. The Hall–Kier alpha value is -1.59. The summed E-state index contributed by atoms with van der Waals surface area (Å²) in [5.74, 6) is 1.52. The van der Waals surface area contributed by atoms with Crippen LogP contribution in [0.5, 0.6) is 11.5 Å². The number of nitrogens with two attached hydrogens (primary N) is 1. The third-order valence-corrected chi connectivity index (χ3v) is 3.45. The van der Waals surface area contributed by atoms with Gasteiger partial charge in [-0.2, -0.15) is 0 Å². The molecule has 2 N–H and O–H groups in total. The number of ether oxygens (including phenoxy) is 2. The number of rotatable bonds is 5. The maximum atomic E-state index is 5.76. The number of nitrogens with zero attached hydrogens (tertiary/aromatic N) is 1. The van der Waals surface area contributed by atoms with Crippen molar-refractivity contribution in [3.63, 3.8) is 0 Å². The summed E-state index contributed by atoms with van der Waals surface area (Å²) < 4.78 is 10.9. The van der Waals surface area contributed by atoms with Crippen LogP contribution in [0.25, 0.3) is 0 Å². The predicted molar refractivity (Wildman–Crippen MR) is 72.1 cm³/mol. The van der Waals surface area contributed by atoms with Gasteiger partial charge < -0.3 is 15.2 Å². The number of methoxy groups -OCH3 is 1. The molecule has 0 atom stereocenters. The number of hydrogen-bond acceptors (Lipinski definition) is 5. The van der Waals surface area contributed by atoms with E-state index in [2.05, 4.69) is 4.98 Å². The van der Waals surface area contributed by atoms with Crippen molar-refractivity contribution in [2.24, 2.45) is 5.73 Å². The van der Waals surface area contributed by atoms with Gasteiger partial charge in [0.15, 0.2) is 0 Å². The lowest BCUT2D eigenvalue weighted by molar-refractivity contribution is 0.299. The second-order valence-corrected chi connectivity index (χ2v) is 4.79. The Morgan fingerprint density at radius 1 is 1.39 bits per heavy atom. The molecule has 0 fully saturated rings. The summed E-state index contributed by atoms with van der Waals surface area (Å²) in [7, 11) is 1.63. The quantitative estimate of drug-likeness (QED) is 0.901. The van der Waals surface area contributed by atoms with Crippen LogP contribution < -0.4 is 15.2 Å². The average Bonchev–Trinajstić information content (AvgIpc) is 2.81. The van der Waals surface area contributed by atoms with Gasteiger partial charge in [0.25, 0.3) is 0 Å². The first-order valence-electron chi connectivity index (χ1n) is 5.63. The molecule has 0 aliphatic heterocycles. The summed E-state index contributed by atoms with van der Waals surface area (Å²) in [5.41, 5.74) is 7.66. The Morgan fingerprint density at radius 3 is 2.83 bits per heavy atom. The van der Waals surface area contributed by atoms with E-state index in [9.17, 15) is 0 Å². The maximum absolute atomic E-state index is 5.76. The van der Waals surface area contributed by atoms with Gasteiger partial charge in [-0.3, -0.25) is 0 Å². The molecule has 1 heterocycles. The van der Waals surface area contributed by atoms with Crippen LogP contribution in [0.1, 0.15) is 16.3 Å². The Labute approximate surface area is 110 Å². The van der Waals surface area contributed by atoms with E-state index >= 15 is 0 Å². The molecule has 18 heavy (non-hydrogen) atoms. The molecular formula is C13H16N2O2S. The summed E-state index contributed by atoms with van der Waals surface area (Å²) in [4.78, 5) is 4.35. The van der Waals surface area contributed by atoms with Crippen LogP contribution in [0.3, 0.4) is 0 Å². The minimum absolute atomic E-state index is 0.441. The number of aryl methyl sites for hydroxylation is 1. The van der Waals surface area contributed by atoms with E-state index in [0.29, 0.717) is 13.2 Å². The second kappa shape index (κ2) is 5.84. The molecule has 0 saturated carbocycles. The molecule has 1 aromatic carbocycles. The highest BCUT2D eigenvalue weighted by Gasteiger charge is 2.06. The molecule has 5 heteroatoms. The lowest BCUT2D eigenvalue weighted by atomic mass is 10.2. The maximum Gasteiger partial charge on any atom is 0.140 e. The Kier molecular flexibility index (Phi) is 4.17. The number of thiazole rings is 1. The van der Waals surface area contributed by atoms with Crippen LogP contribution >= 0.6 is 11.3 Å². The van der Waals surface area contributed by atoms with Crippen LogP contribution in [-0.2, 0) is 13.2 Å². The van der Waals surface area contributed by atoms with E-state index < -0.39 is 0 Å². The van der Waals surface area contributed by atoms with Gasteiger partial charge in [0.2, 0.25) is 0 Å². The molecule has 0 unspecified atom stereocenters. The molecule has 2 rings (SSSR count). The van der Waals surface area contributed by atoms with Crippen LogP contribution in [-0.4, -0.2) is 12.1 Å². The number of aromatic nitrogens is 1. The van der Waals surface area contributed by atoms with Crippen LogP contribution in [0.15, 0.2) is 23.6 Å². The van der Waals surface area contributed by atoms with Crippen molar-refractivity contribution in [3.8, 4) is 11.5 Å². The molecule has 0 aliphatic carbocycles. The van der Waals surface area contributed by atoms with E-state index in [1.165, 1.54) is 0 Å². The van der Waals surface area contributed by atoms with Crippen molar-refractivity contribution in [1.29, 1.82) is 0 Å². The molecule has 0 spiro atoms. The van der Waals surface area contributed by atoms with Gasteiger partial charge in [0.1, 0.15) is 23.1 Å². The predicted octanol–water partition coefficient (Wildman–Crippen LogP) is 2.50. The van der Waals surface area contributed by atoms with E-state index in [1.54, 1.807) is 18.4 Å². The van der Waals surface area contributed by atoms with Crippen molar-refractivity contribution in [2.75, 3.05) is 7.11 Å². The molecular weight excluding hydrogens is 248 g/mol. The van der Waals surface area contributed by atoms with E-state index in [0.717, 1.165) is 27.8 Å². The average molecular weight is 264 g/mol. The van der Waals surface area contributed by atoms with Crippen LogP contribution in [0.4, 0.5) is 0 Å². The van der Waals surface area contributed by atoms with Crippen molar-refractivity contribution < 1.29 is 9.47 Å². The zero-order chi connectivity index (χ0) is 13.0. The highest BCUT2D eigenvalue weighted by Crippen LogP contribution is 2.25. The highest BCUT2D eigenvalue weighted by atomic mass is 32.1. The SMILES string of the molecule is COc1ccc(CN)c(OCc2nc(C)cs2)c1. The molecule has 0 amide bonds. The van der Waals surface area contributed by atoms with Crippen molar-refractivity contribution in [2.45, 2.75) is 20.1 Å². The van der Waals surface area contributed by atoms with E-state index in [-0.39, 0.29) is 0 Å². The first-order valence-corrected chi connectivity index (χ1v) is 6.51. The number of hydrogen-bond donors (Lipinski definition) is 1. The molecule has 0 radical (unpaired) electrons. The fourth-order valence-electron chi connectivity index (χ4n) is 1.57. The van der Waals surface area contributed by atoms with E-state index in [4.69, 9.17) is 15.2 Å². The third kappa shape index (κ3) is 3.00. The number of benzene rings is 1. The first kappa shape index (κ1) is 12.9. The van der Waals surface area contributed by atoms with Crippen molar-refractivity contribution in [3.05, 3.63) is 39.8 Å². The molecule has 4 nitrogen and oxygen atoms in total. The van der Waals surface area contributed by atoms with Crippen molar-refractivity contribution in [1.82, 2.24) is 4.98 Å². The van der Waals surface area contributed by atoms with Gasteiger partial charge in [-0.05, 0) is 13.0 Å². The summed E-state index contributed by atoms with van der Waals surface area (Å²) >= 11 is 1.59. The van der Waals surface area contributed by atoms with Gasteiger partial charge in [-0.1, -0.05) is 6.07 Å².